The topological polar surface area (TPSA) is 34.6 Å². The number of halogens is 3. The Morgan fingerprint density at radius 2 is 1.46 bits per heavy atom. The summed E-state index contributed by atoms with van der Waals surface area (Å²) in [5.41, 5.74) is 2.54. The van der Waals surface area contributed by atoms with E-state index >= 15 is 0 Å². The predicted molar refractivity (Wildman–Crippen MR) is 98.3 cm³/mol. The molecule has 4 aromatic rings. The fourth-order valence-corrected chi connectivity index (χ4v) is 2.89. The summed E-state index contributed by atoms with van der Waals surface area (Å²) in [6.07, 6.45) is 0. The van der Waals surface area contributed by atoms with Crippen LogP contribution in [0.3, 0.4) is 0 Å². The molecule has 4 nitrogen and oxygen atoms in total. The second-order valence-corrected chi connectivity index (χ2v) is 6.30. The summed E-state index contributed by atoms with van der Waals surface area (Å²) in [5.74, 6) is 0.612. The van der Waals surface area contributed by atoms with Gasteiger partial charge in [-0.3, -0.25) is 0 Å². The molecule has 0 unspecified atom stereocenters. The minimum atomic E-state index is 0. The highest BCUT2D eigenvalue weighted by atomic mass is 35.5. The highest BCUT2D eigenvalue weighted by Gasteiger charge is 2.23. The molecule has 0 bridgehead atoms. The van der Waals surface area contributed by atoms with Crippen molar-refractivity contribution in [3.63, 3.8) is 0 Å². The summed E-state index contributed by atoms with van der Waals surface area (Å²) in [4.78, 5) is 3.42. The van der Waals surface area contributed by atoms with Crippen LogP contribution in [-0.4, -0.2) is 15.0 Å². The van der Waals surface area contributed by atoms with Crippen molar-refractivity contribution in [1.82, 2.24) is 15.0 Å². The maximum atomic E-state index is 6.15. The summed E-state index contributed by atoms with van der Waals surface area (Å²) in [6.45, 7) is 0. The molecule has 0 saturated heterocycles. The van der Waals surface area contributed by atoms with Gasteiger partial charge in [0.2, 0.25) is 0 Å². The van der Waals surface area contributed by atoms with Crippen molar-refractivity contribution in [2.24, 2.45) is 0 Å². The molecule has 0 atom stereocenters. The second kappa shape index (κ2) is 7.87. The van der Waals surface area contributed by atoms with E-state index in [1.165, 1.54) is 0 Å². The zero-order chi connectivity index (χ0) is 17.2. The number of hydrogen-bond acceptors (Lipinski definition) is 2. The number of rotatable bonds is 3. The van der Waals surface area contributed by atoms with Crippen LogP contribution >= 0.6 is 23.2 Å². The average molecular weight is 404 g/mol. The first-order valence-electron chi connectivity index (χ1n) is 7.68. The van der Waals surface area contributed by atoms with Crippen molar-refractivity contribution >= 4 is 23.2 Å². The largest absolute Gasteiger partial charge is 1.00 e. The Morgan fingerprint density at radius 1 is 0.769 bits per heavy atom. The molecule has 0 aliphatic carbocycles. The van der Waals surface area contributed by atoms with Crippen LogP contribution in [0, 0.1) is 0 Å². The van der Waals surface area contributed by atoms with E-state index < -0.39 is 0 Å². The lowest BCUT2D eigenvalue weighted by molar-refractivity contribution is -0.734. The predicted octanol–water partition coefficient (Wildman–Crippen LogP) is 1.52. The Bertz CT molecular complexity index is 969. The molecule has 1 aromatic heterocycles. The number of aromatic nitrogens is 4. The normalized spacial score (nSPS) is 10.4. The highest BCUT2D eigenvalue weighted by Crippen LogP contribution is 2.18. The molecule has 1 heterocycles. The Morgan fingerprint density at radius 3 is 2.15 bits per heavy atom. The summed E-state index contributed by atoms with van der Waals surface area (Å²) >= 11 is 12.3. The van der Waals surface area contributed by atoms with E-state index in [-0.39, 0.29) is 12.4 Å². The van der Waals surface area contributed by atoms with Crippen LogP contribution in [0.25, 0.3) is 22.8 Å². The van der Waals surface area contributed by atoms with Crippen LogP contribution in [0.15, 0.2) is 78.9 Å². The van der Waals surface area contributed by atoms with Gasteiger partial charge in [0.05, 0.1) is 10.7 Å². The molecule has 0 fully saturated rings. The van der Waals surface area contributed by atoms with Gasteiger partial charge < -0.3 is 12.4 Å². The van der Waals surface area contributed by atoms with E-state index in [1.807, 2.05) is 78.9 Å². The maximum Gasteiger partial charge on any atom is 0.340 e. The first-order chi connectivity index (χ1) is 12.2. The summed E-state index contributed by atoms with van der Waals surface area (Å²) in [5, 5.41) is 10.6. The third kappa shape index (κ3) is 3.73. The molecule has 3 aromatic carbocycles. The molecule has 7 heteroatoms. The average Bonchev–Trinajstić information content (AvgIpc) is 3.08. The van der Waals surface area contributed by atoms with Crippen LogP contribution in [0.4, 0.5) is 0 Å². The monoisotopic (exact) mass is 402 g/mol. The Labute approximate surface area is 167 Å². The third-order valence-electron chi connectivity index (χ3n) is 3.67. The van der Waals surface area contributed by atoms with Gasteiger partial charge in [0.15, 0.2) is 5.69 Å². The number of benzene rings is 3. The van der Waals surface area contributed by atoms with E-state index in [9.17, 15) is 0 Å². The zero-order valence-electron chi connectivity index (χ0n) is 13.4. The molecule has 0 aliphatic heterocycles. The first kappa shape index (κ1) is 18.4. The van der Waals surface area contributed by atoms with Gasteiger partial charge in [-0.15, -0.1) is 0 Å². The van der Waals surface area contributed by atoms with Gasteiger partial charge in [-0.2, -0.15) is 0 Å². The quantitative estimate of drug-likeness (QED) is 0.486. The highest BCUT2D eigenvalue weighted by molar-refractivity contribution is 6.31. The molecule has 0 N–H and O–H groups in total. The number of tetrazole rings is 1. The number of hydrogen-bond donors (Lipinski definition) is 0. The van der Waals surface area contributed by atoms with Crippen molar-refractivity contribution in [2.75, 3.05) is 0 Å². The van der Waals surface area contributed by atoms with Gasteiger partial charge in [-0.1, -0.05) is 53.5 Å². The van der Waals surface area contributed by atoms with E-state index in [2.05, 4.69) is 10.2 Å². The lowest BCUT2D eigenvalue weighted by atomic mass is 10.2. The molecule has 0 spiro atoms. The molecular weight excluding hydrogens is 391 g/mol. The molecular formula is C19H13Cl3N4. The van der Waals surface area contributed by atoms with Crippen LogP contribution in [0.2, 0.25) is 10.0 Å². The fraction of sp³-hybridized carbons (Fsp3) is 0. The van der Waals surface area contributed by atoms with Gasteiger partial charge in [0.25, 0.3) is 0 Å². The van der Waals surface area contributed by atoms with Gasteiger partial charge in [0.1, 0.15) is 5.69 Å². The minimum Gasteiger partial charge on any atom is -1.00 e. The summed E-state index contributed by atoms with van der Waals surface area (Å²) < 4.78 is 0. The lowest BCUT2D eigenvalue weighted by Crippen LogP contribution is -3.00. The molecule has 4 rings (SSSR count). The summed E-state index contributed by atoms with van der Waals surface area (Å²) in [6, 6.07) is 24.8. The van der Waals surface area contributed by atoms with E-state index in [1.54, 1.807) is 9.59 Å². The van der Waals surface area contributed by atoms with Crippen LogP contribution in [-0.2, 0) is 0 Å². The molecule has 0 radical (unpaired) electrons. The van der Waals surface area contributed by atoms with Crippen molar-refractivity contribution in [1.29, 1.82) is 0 Å². The van der Waals surface area contributed by atoms with Gasteiger partial charge in [-0.25, -0.2) is 0 Å². The molecule has 26 heavy (non-hydrogen) atoms. The minimum absolute atomic E-state index is 0. The SMILES string of the molecule is Clc1cccc(-n2nc(-c3ccccc3)n[n+]2-c2cccc(Cl)c2)c1.[Cl-]. The van der Waals surface area contributed by atoms with Crippen molar-refractivity contribution < 1.29 is 17.2 Å². The van der Waals surface area contributed by atoms with Crippen molar-refractivity contribution in [3.8, 4) is 22.8 Å². The lowest BCUT2D eigenvalue weighted by Gasteiger charge is -2.00. The smallest absolute Gasteiger partial charge is 0.340 e. The van der Waals surface area contributed by atoms with Crippen LogP contribution < -0.4 is 17.2 Å². The van der Waals surface area contributed by atoms with E-state index in [0.29, 0.717) is 15.9 Å². The fourth-order valence-electron chi connectivity index (χ4n) is 2.52. The van der Waals surface area contributed by atoms with E-state index in [4.69, 9.17) is 23.2 Å². The molecule has 130 valence electrons. The second-order valence-electron chi connectivity index (χ2n) is 5.43. The van der Waals surface area contributed by atoms with Gasteiger partial charge in [-0.05, 0) is 52.4 Å². The Kier molecular flexibility index (Phi) is 5.57. The Hall–Kier alpha value is -2.40. The van der Waals surface area contributed by atoms with Crippen molar-refractivity contribution in [3.05, 3.63) is 88.9 Å². The number of nitrogens with zero attached hydrogens (tertiary/aromatic N) is 4. The standard InChI is InChI=1S/C19H13Cl2N4.ClH/c20-15-8-4-10-17(12-15)24-22-19(14-6-2-1-3-7-14)23-25(24)18-11-5-9-16(21)13-18;/h1-13H;1H/q+1;/p-1. The first-order valence-corrected chi connectivity index (χ1v) is 8.43. The van der Waals surface area contributed by atoms with E-state index in [0.717, 1.165) is 16.9 Å². The molecule has 0 aliphatic rings. The van der Waals surface area contributed by atoms with Gasteiger partial charge >= 0.3 is 5.82 Å². The molecule has 0 amide bonds. The van der Waals surface area contributed by atoms with Crippen molar-refractivity contribution in [2.45, 2.75) is 0 Å². The van der Waals surface area contributed by atoms with Crippen LogP contribution in [0.5, 0.6) is 0 Å². The summed E-state index contributed by atoms with van der Waals surface area (Å²) in [7, 11) is 0. The zero-order valence-corrected chi connectivity index (χ0v) is 15.7. The Balaban J connectivity index is 0.00000196. The van der Waals surface area contributed by atoms with Crippen LogP contribution in [0.1, 0.15) is 0 Å². The maximum absolute atomic E-state index is 6.15. The molecule has 0 saturated carbocycles. The van der Waals surface area contributed by atoms with Gasteiger partial charge in [0, 0.05) is 20.9 Å². The third-order valence-corrected chi connectivity index (χ3v) is 4.14.